The van der Waals surface area contributed by atoms with E-state index in [1.807, 2.05) is 17.0 Å². The van der Waals surface area contributed by atoms with Crippen molar-refractivity contribution in [3.63, 3.8) is 0 Å². The molecule has 1 spiro atoms. The van der Waals surface area contributed by atoms with Crippen LogP contribution in [0.3, 0.4) is 0 Å². The van der Waals surface area contributed by atoms with Crippen molar-refractivity contribution in [3.05, 3.63) is 35.6 Å². The lowest BCUT2D eigenvalue weighted by atomic mass is 9.84. The quantitative estimate of drug-likeness (QED) is 0.724. The predicted octanol–water partition coefficient (Wildman–Crippen LogP) is 4.22. The zero-order valence-corrected chi connectivity index (χ0v) is 17.1. The Morgan fingerprint density at radius 2 is 1.63 bits per heavy atom. The minimum absolute atomic E-state index is 0.173. The van der Waals surface area contributed by atoms with E-state index in [4.69, 9.17) is 9.90 Å². The summed E-state index contributed by atoms with van der Waals surface area (Å²) in [4.78, 5) is 25.6. The molecule has 0 aliphatic carbocycles. The monoisotopic (exact) mass is 432 g/mol. The van der Waals surface area contributed by atoms with E-state index >= 15 is 0 Å². The van der Waals surface area contributed by atoms with Gasteiger partial charge in [0.1, 0.15) is 5.82 Å². The normalized spacial score (nSPS) is 18.8. The molecule has 1 aromatic rings. The molecule has 0 bridgehead atoms. The maximum atomic E-state index is 13.1. The first-order valence-corrected chi connectivity index (χ1v) is 10.1. The molecular formula is C21H28F4N2O3. The van der Waals surface area contributed by atoms with E-state index in [0.29, 0.717) is 12.3 Å². The van der Waals surface area contributed by atoms with Gasteiger partial charge < -0.3 is 10.0 Å². The van der Waals surface area contributed by atoms with Crippen molar-refractivity contribution in [1.29, 1.82) is 0 Å². The molecule has 0 atom stereocenters. The second-order valence-electron chi connectivity index (χ2n) is 7.81. The smallest absolute Gasteiger partial charge is 0.475 e. The average molecular weight is 432 g/mol. The summed E-state index contributed by atoms with van der Waals surface area (Å²) in [6, 6.07) is 6.87. The van der Waals surface area contributed by atoms with Gasteiger partial charge in [0.25, 0.3) is 0 Å². The highest BCUT2D eigenvalue weighted by Gasteiger charge is 2.43. The van der Waals surface area contributed by atoms with Crippen LogP contribution in [0.25, 0.3) is 0 Å². The van der Waals surface area contributed by atoms with Crippen LogP contribution in [0.4, 0.5) is 17.6 Å². The van der Waals surface area contributed by atoms with Gasteiger partial charge in [-0.2, -0.15) is 13.2 Å². The van der Waals surface area contributed by atoms with Crippen molar-refractivity contribution in [2.24, 2.45) is 0 Å². The van der Waals surface area contributed by atoms with Gasteiger partial charge in [-0.15, -0.1) is 0 Å². The van der Waals surface area contributed by atoms with Gasteiger partial charge in [0, 0.05) is 31.6 Å². The molecule has 0 radical (unpaired) electrons. The van der Waals surface area contributed by atoms with Crippen LogP contribution in [0.2, 0.25) is 0 Å². The van der Waals surface area contributed by atoms with Crippen molar-refractivity contribution >= 4 is 11.9 Å². The molecule has 2 heterocycles. The number of nitrogens with zero attached hydrogens (tertiary/aromatic N) is 2. The number of carboxylic acids is 1. The van der Waals surface area contributed by atoms with Gasteiger partial charge in [-0.3, -0.25) is 9.69 Å². The Morgan fingerprint density at radius 1 is 1.07 bits per heavy atom. The minimum atomic E-state index is -5.08. The second-order valence-corrected chi connectivity index (χ2v) is 7.81. The summed E-state index contributed by atoms with van der Waals surface area (Å²) in [5.41, 5.74) is 1.43. The Kier molecular flexibility index (Phi) is 8.23. The third kappa shape index (κ3) is 6.42. The number of hydrogen-bond acceptors (Lipinski definition) is 3. The molecule has 1 amide bonds. The molecule has 0 aromatic heterocycles. The van der Waals surface area contributed by atoms with E-state index in [-0.39, 0.29) is 11.4 Å². The summed E-state index contributed by atoms with van der Waals surface area (Å²) in [5, 5.41) is 7.12. The van der Waals surface area contributed by atoms with Gasteiger partial charge in [-0.1, -0.05) is 19.1 Å². The molecule has 30 heavy (non-hydrogen) atoms. The summed E-state index contributed by atoms with van der Waals surface area (Å²) in [7, 11) is 0. The van der Waals surface area contributed by atoms with E-state index in [2.05, 4.69) is 11.8 Å². The zero-order valence-electron chi connectivity index (χ0n) is 17.1. The fraction of sp³-hybridized carbons (Fsp3) is 0.619. The van der Waals surface area contributed by atoms with E-state index in [0.717, 1.165) is 45.4 Å². The SMILES string of the molecule is CCCC(=O)N1CCC2(CCCN2Cc2ccc(F)cc2)CC1.O=C(O)C(F)(F)F. The van der Waals surface area contributed by atoms with Crippen LogP contribution in [-0.4, -0.2) is 58.1 Å². The molecule has 3 rings (SSSR count). The summed E-state index contributed by atoms with van der Waals surface area (Å²) < 4.78 is 44.8. The standard InChI is InChI=1S/C19H27FN2O.C2HF3O2/c1-2-4-18(23)21-13-10-19(11-14-21)9-3-12-22(19)15-16-5-7-17(20)8-6-16;3-2(4,5)1(6)7/h5-8H,2-4,9-15H2,1H3;(H,6,7). The van der Waals surface area contributed by atoms with E-state index in [1.165, 1.54) is 18.4 Å². The lowest BCUT2D eigenvalue weighted by Crippen LogP contribution is -2.52. The molecular weight excluding hydrogens is 404 g/mol. The largest absolute Gasteiger partial charge is 0.490 e. The molecule has 0 unspecified atom stereocenters. The van der Waals surface area contributed by atoms with Crippen molar-refractivity contribution in [3.8, 4) is 0 Å². The van der Waals surface area contributed by atoms with Crippen LogP contribution in [-0.2, 0) is 16.1 Å². The fourth-order valence-corrected chi connectivity index (χ4v) is 4.16. The van der Waals surface area contributed by atoms with Crippen LogP contribution in [0, 0.1) is 5.82 Å². The summed E-state index contributed by atoms with van der Waals surface area (Å²) in [5.74, 6) is -2.62. The van der Waals surface area contributed by atoms with Gasteiger partial charge in [0.15, 0.2) is 0 Å². The maximum absolute atomic E-state index is 13.1. The number of benzene rings is 1. The number of carbonyl (C=O) groups excluding carboxylic acids is 1. The Labute approximate surface area is 173 Å². The number of alkyl halides is 3. The molecule has 168 valence electrons. The van der Waals surface area contributed by atoms with E-state index < -0.39 is 12.1 Å². The summed E-state index contributed by atoms with van der Waals surface area (Å²) in [6.07, 6.45) is 1.12. The molecule has 9 heteroatoms. The topological polar surface area (TPSA) is 60.9 Å². The third-order valence-electron chi connectivity index (χ3n) is 5.78. The van der Waals surface area contributed by atoms with Crippen molar-refractivity contribution in [2.75, 3.05) is 19.6 Å². The minimum Gasteiger partial charge on any atom is -0.475 e. The Bertz CT molecular complexity index is 714. The lowest BCUT2D eigenvalue weighted by Gasteiger charge is -2.45. The number of aliphatic carboxylic acids is 1. The summed E-state index contributed by atoms with van der Waals surface area (Å²) in [6.45, 7) is 5.84. The number of hydrogen-bond donors (Lipinski definition) is 1. The number of carboxylic acid groups (broad SMARTS) is 1. The van der Waals surface area contributed by atoms with Gasteiger partial charge in [0.2, 0.25) is 5.91 Å². The number of likely N-dealkylation sites (tertiary alicyclic amines) is 2. The van der Waals surface area contributed by atoms with Crippen molar-refractivity contribution in [1.82, 2.24) is 9.80 Å². The predicted molar refractivity (Wildman–Crippen MR) is 103 cm³/mol. The fourth-order valence-electron chi connectivity index (χ4n) is 4.16. The Balaban J connectivity index is 0.000000396. The van der Waals surface area contributed by atoms with Crippen molar-refractivity contribution < 1.29 is 32.3 Å². The Morgan fingerprint density at radius 3 is 2.13 bits per heavy atom. The molecule has 2 aliphatic rings. The average Bonchev–Trinajstić information content (AvgIpc) is 3.06. The third-order valence-corrected chi connectivity index (χ3v) is 5.78. The van der Waals surface area contributed by atoms with Gasteiger partial charge >= 0.3 is 12.1 Å². The van der Waals surface area contributed by atoms with E-state index in [9.17, 15) is 22.4 Å². The highest BCUT2D eigenvalue weighted by atomic mass is 19.4. The number of piperidine rings is 1. The van der Waals surface area contributed by atoms with Gasteiger partial charge in [-0.25, -0.2) is 9.18 Å². The molecule has 0 saturated carbocycles. The number of carbonyl (C=O) groups is 2. The first kappa shape index (κ1) is 24.1. The van der Waals surface area contributed by atoms with Crippen LogP contribution in [0.1, 0.15) is 51.0 Å². The van der Waals surface area contributed by atoms with Gasteiger partial charge in [0.05, 0.1) is 0 Å². The molecule has 5 nitrogen and oxygen atoms in total. The second kappa shape index (κ2) is 10.2. The molecule has 1 aromatic carbocycles. The zero-order chi connectivity index (χ0) is 22.4. The maximum Gasteiger partial charge on any atom is 0.490 e. The molecule has 2 saturated heterocycles. The first-order valence-electron chi connectivity index (χ1n) is 10.1. The Hall–Kier alpha value is -2.16. The highest BCUT2D eigenvalue weighted by molar-refractivity contribution is 5.76. The van der Waals surface area contributed by atoms with Crippen LogP contribution in [0.5, 0.6) is 0 Å². The van der Waals surface area contributed by atoms with Crippen LogP contribution in [0.15, 0.2) is 24.3 Å². The number of halogens is 4. The lowest BCUT2D eigenvalue weighted by molar-refractivity contribution is -0.192. The number of rotatable bonds is 4. The molecule has 1 N–H and O–H groups in total. The highest BCUT2D eigenvalue weighted by Crippen LogP contribution is 2.39. The van der Waals surface area contributed by atoms with Crippen molar-refractivity contribution in [2.45, 2.75) is 63.7 Å². The van der Waals surface area contributed by atoms with Crippen LogP contribution < -0.4 is 0 Å². The number of amides is 1. The first-order chi connectivity index (χ1) is 14.1. The van der Waals surface area contributed by atoms with E-state index in [1.54, 1.807) is 12.1 Å². The summed E-state index contributed by atoms with van der Waals surface area (Å²) >= 11 is 0. The molecule has 2 aliphatic heterocycles. The van der Waals surface area contributed by atoms with Gasteiger partial charge in [-0.05, 0) is 56.3 Å². The molecule has 2 fully saturated rings. The van der Waals surface area contributed by atoms with Crippen LogP contribution >= 0.6 is 0 Å².